The number of aliphatic hydroxyl groups excluding tert-OH is 1. The number of carboxylic acid groups (broad SMARTS) is 5. The van der Waals surface area contributed by atoms with Crippen molar-refractivity contribution in [3.63, 3.8) is 0 Å². The molecule has 6 N–H and O–H groups in total. The van der Waals surface area contributed by atoms with E-state index in [2.05, 4.69) is 46.2 Å². The van der Waals surface area contributed by atoms with Crippen LogP contribution in [0.1, 0.15) is 24.1 Å². The summed E-state index contributed by atoms with van der Waals surface area (Å²) >= 11 is 8.21. The number of carbonyl (C=O) groups is 5. The summed E-state index contributed by atoms with van der Waals surface area (Å²) in [7, 11) is 0. The van der Waals surface area contributed by atoms with Gasteiger partial charge in [-0.25, -0.2) is 19.2 Å². The van der Waals surface area contributed by atoms with Gasteiger partial charge in [-0.1, -0.05) is 41.6 Å². The molecule has 1 fully saturated rings. The number of hydrogen-bond donors (Lipinski definition) is 6. The number of fused-ring (bicyclic) bond motifs is 2. The molecule has 0 amide bonds. The van der Waals surface area contributed by atoms with E-state index in [0.29, 0.717) is 30.3 Å². The van der Waals surface area contributed by atoms with Crippen molar-refractivity contribution >= 4 is 53.2 Å². The van der Waals surface area contributed by atoms with Gasteiger partial charge in [-0.3, -0.25) is 14.6 Å². The van der Waals surface area contributed by atoms with Gasteiger partial charge in [-0.2, -0.15) is 0 Å². The fraction of sp³-hybridized carbons (Fsp3) is 0.300. The average Bonchev–Trinajstić information content (AvgIpc) is 3.13. The normalized spacial score (nSPS) is 15.8. The second-order valence-electron chi connectivity index (χ2n) is 9.25. The van der Waals surface area contributed by atoms with Crippen LogP contribution in [0.15, 0.2) is 76.6 Å². The fourth-order valence-electron chi connectivity index (χ4n) is 4.13. The number of aliphatic carboxylic acids is 5. The maximum absolute atomic E-state index is 9.55. The Morgan fingerprint density at radius 3 is 1.76 bits per heavy atom. The molecule has 2 aromatic carbocycles. The first-order valence-corrected chi connectivity index (χ1v) is 14.5. The first-order valence-electron chi connectivity index (χ1n) is 13.3. The zero-order valence-corrected chi connectivity index (χ0v) is 25.9. The van der Waals surface area contributed by atoms with E-state index in [1.165, 1.54) is 20.9 Å². The molecule has 1 unspecified atom stereocenters. The van der Waals surface area contributed by atoms with Crippen LogP contribution in [-0.4, -0.2) is 110 Å². The molecule has 0 aromatic heterocycles. The maximum Gasteiger partial charge on any atom is 0.328 e. The molecule has 0 radical (unpaired) electrons. The molecule has 45 heavy (non-hydrogen) atoms. The molecule has 1 saturated heterocycles. The average molecular weight is 667 g/mol. The predicted molar refractivity (Wildman–Crippen MR) is 166 cm³/mol. The van der Waals surface area contributed by atoms with E-state index in [-0.39, 0.29) is 6.61 Å². The van der Waals surface area contributed by atoms with Crippen LogP contribution in [0.3, 0.4) is 0 Å². The largest absolute Gasteiger partial charge is 0.481 e. The highest BCUT2D eigenvalue weighted by Crippen LogP contribution is 2.43. The number of benzene rings is 2. The van der Waals surface area contributed by atoms with E-state index < -0.39 is 29.8 Å². The minimum Gasteiger partial charge on any atom is -0.481 e. The Kier molecular flexibility index (Phi) is 17.8. The molecule has 13 nitrogen and oxygen atoms in total. The summed E-state index contributed by atoms with van der Waals surface area (Å²) in [6.07, 6.45) is 3.26. The predicted octanol–water partition coefficient (Wildman–Crippen LogP) is 3.21. The Hall–Kier alpha value is -4.21. The lowest BCUT2D eigenvalue weighted by atomic mass is 9.96. The molecule has 2 aromatic rings. The number of rotatable bonds is 7. The van der Waals surface area contributed by atoms with Crippen LogP contribution in [0.25, 0.3) is 0 Å². The van der Waals surface area contributed by atoms with Crippen molar-refractivity contribution in [2.24, 2.45) is 0 Å². The topological polar surface area (TPSA) is 213 Å². The Bertz CT molecular complexity index is 1310. The van der Waals surface area contributed by atoms with Crippen LogP contribution in [0.5, 0.6) is 0 Å². The smallest absolute Gasteiger partial charge is 0.328 e. The molecule has 2 aliphatic heterocycles. The highest BCUT2D eigenvalue weighted by molar-refractivity contribution is 7.99. The van der Waals surface area contributed by atoms with Gasteiger partial charge in [0.25, 0.3) is 5.97 Å². The number of nitrogens with zero attached hydrogens (tertiary/aromatic N) is 2. The van der Waals surface area contributed by atoms with Gasteiger partial charge < -0.3 is 30.6 Å². The first-order chi connectivity index (χ1) is 21.2. The minimum atomic E-state index is -1.26. The molecule has 15 heteroatoms. The summed E-state index contributed by atoms with van der Waals surface area (Å²) in [6.45, 7) is 6.20. The van der Waals surface area contributed by atoms with Gasteiger partial charge in [0.15, 0.2) is 0 Å². The molecule has 1 atom stereocenters. The summed E-state index contributed by atoms with van der Waals surface area (Å²) < 4.78 is 0. The van der Waals surface area contributed by atoms with Gasteiger partial charge in [0.2, 0.25) is 0 Å². The number of piperazine rings is 1. The van der Waals surface area contributed by atoms with Crippen molar-refractivity contribution in [3.05, 3.63) is 82.9 Å². The molecule has 0 spiro atoms. The van der Waals surface area contributed by atoms with Crippen molar-refractivity contribution in [2.45, 2.75) is 29.2 Å². The van der Waals surface area contributed by atoms with Gasteiger partial charge in [0.05, 0.1) is 6.61 Å². The Labute approximate surface area is 268 Å². The second-order valence-corrected chi connectivity index (χ2v) is 10.8. The van der Waals surface area contributed by atoms with E-state index in [0.717, 1.165) is 51.1 Å². The van der Waals surface area contributed by atoms with Gasteiger partial charge in [-0.15, -0.1) is 0 Å². The van der Waals surface area contributed by atoms with Crippen molar-refractivity contribution in [1.29, 1.82) is 0 Å². The third-order valence-corrected chi connectivity index (χ3v) is 7.38. The lowest BCUT2D eigenvalue weighted by molar-refractivity contribution is -0.134. The number of aliphatic hydroxyl groups is 1. The van der Waals surface area contributed by atoms with Crippen molar-refractivity contribution in [1.82, 2.24) is 9.80 Å². The maximum atomic E-state index is 9.55. The molecule has 2 heterocycles. The molecular formula is C30H35ClN2O11S. The summed E-state index contributed by atoms with van der Waals surface area (Å²) in [5, 5.41) is 48.6. The number of halogens is 1. The van der Waals surface area contributed by atoms with Gasteiger partial charge in [0.1, 0.15) is 0 Å². The third-order valence-electron chi connectivity index (χ3n) is 5.94. The van der Waals surface area contributed by atoms with Crippen molar-refractivity contribution in [2.75, 3.05) is 39.3 Å². The SMILES string of the molecule is CC(=O)O.O=C(O)/C=C\C(=O)O.O=C(O)/C=C\C(=O)O.OCCN1CCN(C2Cc3ccccc3Sc3ccc(Cl)cc32)CC1. The molecule has 4 rings (SSSR count). The molecule has 2 aliphatic rings. The molecule has 0 bridgehead atoms. The highest BCUT2D eigenvalue weighted by atomic mass is 35.5. The van der Waals surface area contributed by atoms with E-state index in [1.54, 1.807) is 0 Å². The van der Waals surface area contributed by atoms with Crippen LogP contribution in [0.4, 0.5) is 0 Å². The standard InChI is InChI=1S/C20H23ClN2OS.2C4H4O4.C2H4O2/c21-16-5-6-20-17(14-16)18(13-15-3-1-2-4-19(15)25-20)23-9-7-22(8-10-23)11-12-24;2*5-3(6)1-2-4(7)8;1-2(3)4/h1-6,14,18,24H,7-13H2;2*1-2H,(H,5,6)(H,7,8);1H3,(H,3,4)/b;2*2-1-;. The van der Waals surface area contributed by atoms with Crippen LogP contribution in [-0.2, 0) is 30.4 Å². The molecular weight excluding hydrogens is 632 g/mol. The zero-order chi connectivity index (χ0) is 33.9. The summed E-state index contributed by atoms with van der Waals surface area (Å²) in [5.74, 6) is -5.86. The Morgan fingerprint density at radius 1 is 0.800 bits per heavy atom. The Balaban J connectivity index is 0.000000417. The lowest BCUT2D eigenvalue weighted by Crippen LogP contribution is -2.48. The first kappa shape index (κ1) is 38.8. The van der Waals surface area contributed by atoms with Crippen LogP contribution in [0, 0.1) is 0 Å². The zero-order valence-electron chi connectivity index (χ0n) is 24.3. The van der Waals surface area contributed by atoms with E-state index in [1.807, 2.05) is 17.8 Å². The minimum absolute atomic E-state index is 0.242. The Morgan fingerprint density at radius 2 is 1.29 bits per heavy atom. The summed E-state index contributed by atoms with van der Waals surface area (Å²) in [5.41, 5.74) is 2.77. The summed E-state index contributed by atoms with van der Waals surface area (Å²) in [4.78, 5) is 54.8. The number of hydrogen-bond acceptors (Lipinski definition) is 9. The van der Waals surface area contributed by atoms with Gasteiger partial charge >= 0.3 is 23.9 Å². The second kappa shape index (κ2) is 20.7. The monoisotopic (exact) mass is 666 g/mol. The van der Waals surface area contributed by atoms with Crippen LogP contribution in [0.2, 0.25) is 5.02 Å². The number of carboxylic acids is 5. The lowest BCUT2D eigenvalue weighted by Gasteiger charge is -2.39. The number of β-amino-alcohol motifs (C(OH)–C–C–N with tert-alkyl or cyclic N) is 1. The van der Waals surface area contributed by atoms with Crippen molar-refractivity contribution < 1.29 is 54.6 Å². The summed E-state index contributed by atoms with van der Waals surface area (Å²) in [6, 6.07) is 15.4. The fourth-order valence-corrected chi connectivity index (χ4v) is 5.43. The van der Waals surface area contributed by atoms with Gasteiger partial charge in [0, 0.05) is 84.8 Å². The molecule has 0 aliphatic carbocycles. The third kappa shape index (κ3) is 16.4. The quantitative estimate of drug-likeness (QED) is 0.234. The van der Waals surface area contributed by atoms with Gasteiger partial charge in [-0.05, 0) is 41.8 Å². The molecule has 244 valence electrons. The van der Waals surface area contributed by atoms with E-state index >= 15 is 0 Å². The van der Waals surface area contributed by atoms with Crippen LogP contribution < -0.4 is 0 Å². The highest BCUT2D eigenvalue weighted by Gasteiger charge is 2.30. The van der Waals surface area contributed by atoms with E-state index in [9.17, 15) is 19.2 Å². The molecule has 0 saturated carbocycles. The van der Waals surface area contributed by atoms with Crippen molar-refractivity contribution in [3.8, 4) is 0 Å². The van der Waals surface area contributed by atoms with E-state index in [4.69, 9.17) is 47.0 Å². The van der Waals surface area contributed by atoms with Crippen LogP contribution >= 0.6 is 23.4 Å².